The molecule has 0 aliphatic carbocycles. The van der Waals surface area contributed by atoms with Crippen LogP contribution in [-0.2, 0) is 19.2 Å². The van der Waals surface area contributed by atoms with E-state index >= 15 is 0 Å². The number of hydrogen-bond acceptors (Lipinski definition) is 6. The van der Waals surface area contributed by atoms with Crippen LogP contribution in [-0.4, -0.2) is 66.0 Å². The Bertz CT molecular complexity index is 473. The molecule has 9 nitrogen and oxygen atoms in total. The first-order chi connectivity index (χ1) is 11.7. The third-order valence-corrected chi connectivity index (χ3v) is 3.86. The summed E-state index contributed by atoms with van der Waals surface area (Å²) in [6, 6.07) is -1.89. The third kappa shape index (κ3) is 10.6. The fraction of sp³-hybridized carbons (Fsp3) is 0.733. The van der Waals surface area contributed by atoms with Gasteiger partial charge in [0.2, 0.25) is 17.7 Å². The largest absolute Gasteiger partial charge is 0.480 e. The van der Waals surface area contributed by atoms with Crippen LogP contribution in [0.5, 0.6) is 0 Å². The van der Waals surface area contributed by atoms with E-state index in [2.05, 4.69) is 16.0 Å². The summed E-state index contributed by atoms with van der Waals surface area (Å²) in [7, 11) is 0. The SMILES string of the molecule is CSCCC(NC(=O)CNC(=O)CN)C(=O)NC(CC(C)C)C(=O)O. The maximum atomic E-state index is 12.4. The summed E-state index contributed by atoms with van der Waals surface area (Å²) in [5.74, 6) is -2.00. The fourth-order valence-corrected chi connectivity index (χ4v) is 2.44. The average molecular weight is 376 g/mol. The highest BCUT2D eigenvalue weighted by molar-refractivity contribution is 7.98. The Morgan fingerprint density at radius 3 is 2.20 bits per heavy atom. The normalized spacial score (nSPS) is 13.0. The van der Waals surface area contributed by atoms with E-state index in [1.54, 1.807) is 0 Å². The van der Waals surface area contributed by atoms with Gasteiger partial charge in [0.05, 0.1) is 13.1 Å². The van der Waals surface area contributed by atoms with Gasteiger partial charge in [0.1, 0.15) is 12.1 Å². The Morgan fingerprint density at radius 1 is 1.08 bits per heavy atom. The number of amides is 3. The molecule has 0 aromatic heterocycles. The maximum absolute atomic E-state index is 12.4. The Hall–Kier alpha value is -1.81. The van der Waals surface area contributed by atoms with Gasteiger partial charge in [0, 0.05) is 0 Å². The minimum atomic E-state index is -1.12. The van der Waals surface area contributed by atoms with Crippen molar-refractivity contribution in [2.75, 3.05) is 25.1 Å². The molecular weight excluding hydrogens is 348 g/mol. The van der Waals surface area contributed by atoms with Gasteiger partial charge in [-0.05, 0) is 30.8 Å². The van der Waals surface area contributed by atoms with Crippen LogP contribution in [0.3, 0.4) is 0 Å². The minimum Gasteiger partial charge on any atom is -0.480 e. The van der Waals surface area contributed by atoms with Crippen LogP contribution in [0.1, 0.15) is 26.7 Å². The van der Waals surface area contributed by atoms with Crippen LogP contribution in [0.2, 0.25) is 0 Å². The van der Waals surface area contributed by atoms with Gasteiger partial charge in [-0.25, -0.2) is 4.79 Å². The van der Waals surface area contributed by atoms with Gasteiger partial charge in [-0.3, -0.25) is 14.4 Å². The van der Waals surface area contributed by atoms with Crippen molar-refractivity contribution in [1.29, 1.82) is 0 Å². The molecule has 0 saturated carbocycles. The number of nitrogens with one attached hydrogen (secondary N) is 3. The van der Waals surface area contributed by atoms with Crippen molar-refractivity contribution >= 4 is 35.5 Å². The standard InChI is InChI=1S/C15H28N4O5S/c1-9(2)6-11(15(23)24)19-14(22)10(4-5-25-3)18-13(21)8-17-12(20)7-16/h9-11H,4-8,16H2,1-3H3,(H,17,20)(H,18,21)(H,19,22)(H,23,24). The molecule has 0 spiro atoms. The van der Waals surface area contributed by atoms with Crippen LogP contribution >= 0.6 is 11.8 Å². The molecule has 0 fully saturated rings. The molecular formula is C15H28N4O5S. The summed E-state index contributed by atoms with van der Waals surface area (Å²) >= 11 is 1.50. The highest BCUT2D eigenvalue weighted by Crippen LogP contribution is 2.07. The third-order valence-electron chi connectivity index (χ3n) is 3.22. The maximum Gasteiger partial charge on any atom is 0.326 e. The number of thioether (sulfide) groups is 1. The van der Waals surface area contributed by atoms with Crippen molar-refractivity contribution in [2.45, 2.75) is 38.8 Å². The van der Waals surface area contributed by atoms with Crippen molar-refractivity contribution in [1.82, 2.24) is 16.0 Å². The van der Waals surface area contributed by atoms with Crippen molar-refractivity contribution in [3.63, 3.8) is 0 Å². The quantitative estimate of drug-likeness (QED) is 0.290. The van der Waals surface area contributed by atoms with Gasteiger partial charge in [0.25, 0.3) is 0 Å². The topological polar surface area (TPSA) is 151 Å². The summed E-state index contributed by atoms with van der Waals surface area (Å²) in [6.07, 6.45) is 2.49. The van der Waals surface area contributed by atoms with Gasteiger partial charge in [-0.15, -0.1) is 0 Å². The van der Waals surface area contributed by atoms with Gasteiger partial charge in [0.15, 0.2) is 0 Å². The van der Waals surface area contributed by atoms with E-state index in [1.807, 2.05) is 20.1 Å². The molecule has 0 aliphatic heterocycles. The molecule has 10 heteroatoms. The number of rotatable bonds is 12. The first-order valence-electron chi connectivity index (χ1n) is 7.99. The summed E-state index contributed by atoms with van der Waals surface area (Å²) in [6.45, 7) is 3.18. The fourth-order valence-electron chi connectivity index (χ4n) is 1.97. The summed E-state index contributed by atoms with van der Waals surface area (Å²) in [5.41, 5.74) is 5.13. The number of hydrogen-bond donors (Lipinski definition) is 5. The van der Waals surface area contributed by atoms with E-state index in [4.69, 9.17) is 5.73 Å². The minimum absolute atomic E-state index is 0.0899. The van der Waals surface area contributed by atoms with Gasteiger partial charge >= 0.3 is 5.97 Å². The number of carboxylic acids is 1. The van der Waals surface area contributed by atoms with E-state index in [0.717, 1.165) is 0 Å². The number of aliphatic carboxylic acids is 1. The molecule has 0 aromatic rings. The van der Waals surface area contributed by atoms with E-state index in [-0.39, 0.29) is 25.4 Å². The predicted octanol–water partition coefficient (Wildman–Crippen LogP) is -1.09. The van der Waals surface area contributed by atoms with Crippen LogP contribution in [0.15, 0.2) is 0 Å². The molecule has 3 amide bonds. The zero-order chi connectivity index (χ0) is 19.4. The van der Waals surface area contributed by atoms with Crippen LogP contribution in [0, 0.1) is 5.92 Å². The lowest BCUT2D eigenvalue weighted by Gasteiger charge is -2.22. The second kappa shape index (κ2) is 12.5. The van der Waals surface area contributed by atoms with E-state index in [0.29, 0.717) is 12.2 Å². The van der Waals surface area contributed by atoms with E-state index in [9.17, 15) is 24.3 Å². The second-order valence-corrected chi connectivity index (χ2v) is 6.90. The smallest absolute Gasteiger partial charge is 0.326 e. The van der Waals surface area contributed by atoms with Crippen LogP contribution < -0.4 is 21.7 Å². The molecule has 144 valence electrons. The molecule has 0 aromatic carbocycles. The first kappa shape index (κ1) is 23.2. The van der Waals surface area contributed by atoms with Gasteiger partial charge in [-0.1, -0.05) is 13.8 Å². The summed E-state index contributed by atoms with van der Waals surface area (Å²) in [5, 5.41) is 16.5. The lowest BCUT2D eigenvalue weighted by atomic mass is 10.0. The Morgan fingerprint density at radius 2 is 1.72 bits per heavy atom. The zero-order valence-corrected chi connectivity index (χ0v) is 15.6. The second-order valence-electron chi connectivity index (χ2n) is 5.91. The predicted molar refractivity (Wildman–Crippen MR) is 96.0 cm³/mol. The number of carboxylic acid groups (broad SMARTS) is 1. The van der Waals surface area contributed by atoms with E-state index in [1.165, 1.54) is 11.8 Å². The lowest BCUT2D eigenvalue weighted by molar-refractivity contribution is -0.142. The molecule has 0 heterocycles. The molecule has 6 N–H and O–H groups in total. The first-order valence-corrected chi connectivity index (χ1v) is 9.38. The monoisotopic (exact) mass is 376 g/mol. The Kier molecular flexibility index (Phi) is 11.6. The molecule has 0 radical (unpaired) electrons. The summed E-state index contributed by atoms with van der Waals surface area (Å²) < 4.78 is 0. The van der Waals surface area contributed by atoms with E-state index < -0.39 is 35.8 Å². The van der Waals surface area contributed by atoms with Crippen LogP contribution in [0.4, 0.5) is 0 Å². The van der Waals surface area contributed by atoms with Crippen molar-refractivity contribution in [3.8, 4) is 0 Å². The molecule has 25 heavy (non-hydrogen) atoms. The Balaban J connectivity index is 4.81. The number of carbonyl (C=O) groups is 4. The number of nitrogens with two attached hydrogens (primary N) is 1. The highest BCUT2D eigenvalue weighted by atomic mass is 32.2. The van der Waals surface area contributed by atoms with Crippen molar-refractivity contribution in [2.24, 2.45) is 11.7 Å². The highest BCUT2D eigenvalue weighted by Gasteiger charge is 2.26. The van der Waals surface area contributed by atoms with Crippen molar-refractivity contribution < 1.29 is 24.3 Å². The molecule has 0 rings (SSSR count). The van der Waals surface area contributed by atoms with Crippen molar-refractivity contribution in [3.05, 3.63) is 0 Å². The molecule has 2 atom stereocenters. The molecule has 0 aliphatic rings. The molecule has 0 saturated heterocycles. The summed E-state index contributed by atoms with van der Waals surface area (Å²) in [4.78, 5) is 46.6. The Labute approximate surface area is 151 Å². The van der Waals surface area contributed by atoms with Gasteiger partial charge < -0.3 is 26.8 Å². The molecule has 0 bridgehead atoms. The lowest BCUT2D eigenvalue weighted by Crippen LogP contribution is -2.53. The number of carbonyl (C=O) groups excluding carboxylic acids is 3. The average Bonchev–Trinajstić information content (AvgIpc) is 2.54. The molecule has 2 unspecified atom stereocenters. The van der Waals surface area contributed by atoms with Crippen LogP contribution in [0.25, 0.3) is 0 Å². The van der Waals surface area contributed by atoms with Gasteiger partial charge in [-0.2, -0.15) is 11.8 Å². The zero-order valence-electron chi connectivity index (χ0n) is 14.8.